The number of hydrogen-bond donors (Lipinski definition) is 1. The van der Waals surface area contributed by atoms with Crippen LogP contribution in [0.25, 0.3) is 0 Å². The molecule has 106 valence electrons. The van der Waals surface area contributed by atoms with Crippen molar-refractivity contribution < 1.29 is 27.8 Å². The first kappa shape index (κ1) is 15.8. The molecule has 19 heavy (non-hydrogen) atoms. The van der Waals surface area contributed by atoms with E-state index in [1.807, 2.05) is 6.92 Å². The van der Waals surface area contributed by atoms with Crippen LogP contribution in [0.3, 0.4) is 0 Å². The predicted octanol–water partition coefficient (Wildman–Crippen LogP) is 2.90. The van der Waals surface area contributed by atoms with Crippen molar-refractivity contribution in [2.24, 2.45) is 0 Å². The van der Waals surface area contributed by atoms with Crippen LogP contribution in [0.4, 0.5) is 13.2 Å². The third kappa shape index (κ3) is 5.12. The summed E-state index contributed by atoms with van der Waals surface area (Å²) in [5.74, 6) is -0.882. The lowest BCUT2D eigenvalue weighted by atomic mass is 10.2. The molecule has 0 radical (unpaired) electrons. The summed E-state index contributed by atoms with van der Waals surface area (Å²) in [5.41, 5.74) is -0.773. The third-order valence-electron chi connectivity index (χ3n) is 2.15. The van der Waals surface area contributed by atoms with Crippen LogP contribution >= 0.6 is 11.8 Å². The van der Waals surface area contributed by atoms with Gasteiger partial charge in [0.15, 0.2) is 11.5 Å². The number of hydrogen-bond acceptors (Lipinski definition) is 4. The van der Waals surface area contributed by atoms with Crippen LogP contribution < -0.4 is 0 Å². The van der Waals surface area contributed by atoms with Gasteiger partial charge >= 0.3 is 12.1 Å². The summed E-state index contributed by atoms with van der Waals surface area (Å²) in [5, 5.41) is 9.19. The molecule has 0 spiro atoms. The fourth-order valence-electron chi connectivity index (χ4n) is 1.22. The zero-order valence-corrected chi connectivity index (χ0v) is 11.1. The molecule has 7 heteroatoms. The highest BCUT2D eigenvalue weighted by Crippen LogP contribution is 2.33. The van der Waals surface area contributed by atoms with E-state index < -0.39 is 23.7 Å². The van der Waals surface area contributed by atoms with Gasteiger partial charge < -0.3 is 9.84 Å². The van der Waals surface area contributed by atoms with E-state index in [1.54, 1.807) is 24.3 Å². The van der Waals surface area contributed by atoms with Gasteiger partial charge in [-0.2, -0.15) is 13.2 Å². The van der Waals surface area contributed by atoms with Gasteiger partial charge in [-0.25, -0.2) is 0 Å². The van der Waals surface area contributed by atoms with Crippen LogP contribution in [0.5, 0.6) is 0 Å². The van der Waals surface area contributed by atoms with Gasteiger partial charge in [-0.15, -0.1) is 0 Å². The van der Waals surface area contributed by atoms with Crippen molar-refractivity contribution >= 4 is 17.7 Å². The molecule has 0 aliphatic rings. The first-order valence-electron chi connectivity index (χ1n) is 5.35. The summed E-state index contributed by atoms with van der Waals surface area (Å²) in [7, 11) is 0. The van der Waals surface area contributed by atoms with Crippen LogP contribution in [0.2, 0.25) is 0 Å². The van der Waals surface area contributed by atoms with E-state index in [0.717, 1.165) is 12.5 Å². The highest BCUT2D eigenvalue weighted by molar-refractivity contribution is 7.99. The van der Waals surface area contributed by atoms with E-state index in [0.29, 0.717) is 16.7 Å². The molecule has 0 aromatic heterocycles. The van der Waals surface area contributed by atoms with Crippen molar-refractivity contribution in [1.29, 1.82) is 0 Å². The normalized spacial score (nSPS) is 14.8. The molecule has 0 heterocycles. The average Bonchev–Trinajstić information content (AvgIpc) is 2.28. The fraction of sp³-hybridized carbons (Fsp3) is 0.417. The van der Waals surface area contributed by atoms with Gasteiger partial charge in [0.05, 0.1) is 0 Å². The fourth-order valence-corrected chi connectivity index (χ4v) is 2.25. The number of esters is 1. The second kappa shape index (κ2) is 6.29. The van der Waals surface area contributed by atoms with E-state index in [9.17, 15) is 23.1 Å². The number of halogens is 3. The SMILES string of the molecule is CC(=O)OC(Sc1ccc(C)cc1)C(O)C(F)(F)F. The molecular weight excluding hydrogens is 281 g/mol. The first-order valence-corrected chi connectivity index (χ1v) is 6.23. The zero-order valence-electron chi connectivity index (χ0n) is 10.3. The van der Waals surface area contributed by atoms with Gasteiger partial charge in [-0.1, -0.05) is 29.5 Å². The summed E-state index contributed by atoms with van der Waals surface area (Å²) >= 11 is 0.648. The molecule has 0 aliphatic heterocycles. The lowest BCUT2D eigenvalue weighted by Gasteiger charge is -2.23. The summed E-state index contributed by atoms with van der Waals surface area (Å²) in [6, 6.07) is 6.62. The Morgan fingerprint density at radius 3 is 2.26 bits per heavy atom. The Labute approximate surface area is 112 Å². The van der Waals surface area contributed by atoms with Crippen LogP contribution in [-0.2, 0) is 9.53 Å². The molecular formula is C12H13F3O3S. The topological polar surface area (TPSA) is 46.5 Å². The number of benzene rings is 1. The molecule has 1 rings (SSSR count). The molecule has 1 aromatic rings. The minimum absolute atomic E-state index is 0.472. The molecule has 2 atom stereocenters. The highest BCUT2D eigenvalue weighted by atomic mass is 32.2. The molecule has 1 aromatic carbocycles. The number of aliphatic hydroxyl groups excluding tert-OH is 1. The lowest BCUT2D eigenvalue weighted by molar-refractivity contribution is -0.222. The summed E-state index contributed by atoms with van der Waals surface area (Å²) < 4.78 is 41.9. The van der Waals surface area contributed by atoms with Gasteiger partial charge in [-0.05, 0) is 19.1 Å². The first-order chi connectivity index (χ1) is 8.70. The maximum Gasteiger partial charge on any atom is 0.418 e. The van der Waals surface area contributed by atoms with E-state index >= 15 is 0 Å². The number of carbonyl (C=O) groups is 1. The molecule has 0 fully saturated rings. The Hall–Kier alpha value is -1.21. The van der Waals surface area contributed by atoms with Gasteiger partial charge in [0, 0.05) is 11.8 Å². The van der Waals surface area contributed by atoms with E-state index in [1.165, 1.54) is 0 Å². The van der Waals surface area contributed by atoms with Crippen molar-refractivity contribution in [3.8, 4) is 0 Å². The van der Waals surface area contributed by atoms with Crippen molar-refractivity contribution in [2.75, 3.05) is 0 Å². The van der Waals surface area contributed by atoms with Gasteiger partial charge in [0.25, 0.3) is 0 Å². The summed E-state index contributed by atoms with van der Waals surface area (Å²) in [6.07, 6.45) is -7.58. The quantitative estimate of drug-likeness (QED) is 0.527. The molecule has 0 aliphatic carbocycles. The molecule has 3 nitrogen and oxygen atoms in total. The Bertz CT molecular complexity index is 431. The van der Waals surface area contributed by atoms with E-state index in [4.69, 9.17) is 0 Å². The summed E-state index contributed by atoms with van der Waals surface area (Å²) in [6.45, 7) is 2.83. The van der Waals surface area contributed by atoms with Crippen LogP contribution in [0.15, 0.2) is 29.2 Å². The lowest BCUT2D eigenvalue weighted by Crippen LogP contribution is -2.40. The number of aryl methyl sites for hydroxylation is 1. The maximum absolute atomic E-state index is 12.5. The zero-order chi connectivity index (χ0) is 14.6. The highest BCUT2D eigenvalue weighted by Gasteiger charge is 2.45. The van der Waals surface area contributed by atoms with Crippen molar-refractivity contribution in [3.63, 3.8) is 0 Å². The number of thioether (sulfide) groups is 1. The van der Waals surface area contributed by atoms with E-state index in [-0.39, 0.29) is 0 Å². The molecule has 0 amide bonds. The Morgan fingerprint density at radius 1 is 1.32 bits per heavy atom. The number of rotatable bonds is 4. The minimum Gasteiger partial charge on any atom is -0.448 e. The minimum atomic E-state index is -4.85. The average molecular weight is 294 g/mol. The second-order valence-corrected chi connectivity index (χ2v) is 5.07. The van der Waals surface area contributed by atoms with Gasteiger partial charge in [0.1, 0.15) is 0 Å². The number of aliphatic hydroxyl groups is 1. The van der Waals surface area contributed by atoms with Crippen LogP contribution in [0.1, 0.15) is 12.5 Å². The Morgan fingerprint density at radius 2 is 1.84 bits per heavy atom. The van der Waals surface area contributed by atoms with Crippen molar-refractivity contribution in [2.45, 2.75) is 36.5 Å². The van der Waals surface area contributed by atoms with Crippen molar-refractivity contribution in [1.82, 2.24) is 0 Å². The molecule has 0 saturated carbocycles. The molecule has 0 bridgehead atoms. The largest absolute Gasteiger partial charge is 0.448 e. The van der Waals surface area contributed by atoms with Gasteiger partial charge in [-0.3, -0.25) is 4.79 Å². The molecule has 0 saturated heterocycles. The van der Waals surface area contributed by atoms with Crippen molar-refractivity contribution in [3.05, 3.63) is 29.8 Å². The van der Waals surface area contributed by atoms with Crippen LogP contribution in [-0.4, -0.2) is 28.8 Å². The Balaban J connectivity index is 2.85. The smallest absolute Gasteiger partial charge is 0.418 e. The Kier molecular flexibility index (Phi) is 5.25. The second-order valence-electron chi connectivity index (χ2n) is 3.90. The number of alkyl halides is 3. The van der Waals surface area contributed by atoms with E-state index in [2.05, 4.69) is 4.74 Å². The van der Waals surface area contributed by atoms with Crippen LogP contribution in [0, 0.1) is 6.92 Å². The standard InChI is InChI=1S/C12H13F3O3S/c1-7-3-5-9(6-4-7)19-11(18-8(2)16)10(17)12(13,14)15/h3-6,10-11,17H,1-2H3. The van der Waals surface area contributed by atoms with Gasteiger partial charge in [0.2, 0.25) is 0 Å². The number of carbonyl (C=O) groups excluding carboxylic acids is 1. The monoisotopic (exact) mass is 294 g/mol. The summed E-state index contributed by atoms with van der Waals surface area (Å²) in [4.78, 5) is 11.3. The number of ether oxygens (including phenoxy) is 1. The predicted molar refractivity (Wildman–Crippen MR) is 64.7 cm³/mol. The third-order valence-corrected chi connectivity index (χ3v) is 3.28. The molecule has 1 N–H and O–H groups in total. The maximum atomic E-state index is 12.5. The molecule has 2 unspecified atom stereocenters.